The molecule has 0 spiro atoms. The zero-order chi connectivity index (χ0) is 17.2. The summed E-state index contributed by atoms with van der Waals surface area (Å²) in [5, 5.41) is 1.01. The Hall–Kier alpha value is -2.11. The molecule has 126 valence electrons. The van der Waals surface area contributed by atoms with Crippen LogP contribution in [0.4, 0.5) is 0 Å². The van der Waals surface area contributed by atoms with Crippen LogP contribution in [0.2, 0.25) is 0 Å². The van der Waals surface area contributed by atoms with Crippen LogP contribution in [-0.4, -0.2) is 37.9 Å². The van der Waals surface area contributed by atoms with E-state index in [-0.39, 0.29) is 0 Å². The predicted molar refractivity (Wildman–Crippen MR) is 97.8 cm³/mol. The molecular weight excluding hydrogens is 320 g/mol. The van der Waals surface area contributed by atoms with Gasteiger partial charge in [0.15, 0.2) is 0 Å². The number of nitrogens with zero attached hydrogens (tertiary/aromatic N) is 2. The van der Waals surface area contributed by atoms with Crippen LogP contribution in [-0.2, 0) is 16.4 Å². The standard InChI is InChI=1S/C19H22N2O2S/c1-20(2)14-7-9-16-8-6-12-19-18(16)13-15-21(19)24(22,23)17-10-4-3-5-11-17/h3-6,8,10-13,15H,7,9,14H2,1-2H3. The van der Waals surface area contributed by atoms with E-state index in [9.17, 15) is 8.42 Å². The molecule has 0 fully saturated rings. The Bertz CT molecular complexity index is 928. The maximum atomic E-state index is 12.9. The highest BCUT2D eigenvalue weighted by Crippen LogP contribution is 2.25. The summed E-state index contributed by atoms with van der Waals surface area (Å²) in [5.41, 5.74) is 1.93. The highest BCUT2D eigenvalue weighted by atomic mass is 32.2. The van der Waals surface area contributed by atoms with Gasteiger partial charge < -0.3 is 4.90 Å². The maximum absolute atomic E-state index is 12.9. The van der Waals surface area contributed by atoms with E-state index in [2.05, 4.69) is 25.1 Å². The molecule has 0 aliphatic heterocycles. The summed E-state index contributed by atoms with van der Waals surface area (Å²) in [4.78, 5) is 2.46. The molecule has 0 N–H and O–H groups in total. The average Bonchev–Trinajstić information content (AvgIpc) is 3.01. The average molecular weight is 342 g/mol. The molecule has 0 unspecified atom stereocenters. The van der Waals surface area contributed by atoms with Crippen molar-refractivity contribution in [3.63, 3.8) is 0 Å². The first kappa shape index (κ1) is 16.7. The van der Waals surface area contributed by atoms with Crippen molar-refractivity contribution in [1.82, 2.24) is 8.87 Å². The van der Waals surface area contributed by atoms with Gasteiger partial charge in [-0.25, -0.2) is 12.4 Å². The van der Waals surface area contributed by atoms with E-state index < -0.39 is 10.0 Å². The third-order valence-electron chi connectivity index (χ3n) is 4.14. The van der Waals surface area contributed by atoms with Crippen molar-refractivity contribution in [2.75, 3.05) is 20.6 Å². The van der Waals surface area contributed by atoms with E-state index in [1.54, 1.807) is 30.5 Å². The number of hydrogen-bond donors (Lipinski definition) is 0. The number of benzene rings is 2. The van der Waals surface area contributed by atoms with Crippen molar-refractivity contribution < 1.29 is 8.42 Å². The molecule has 0 amide bonds. The summed E-state index contributed by atoms with van der Waals surface area (Å²) in [5.74, 6) is 0. The fraction of sp³-hybridized carbons (Fsp3) is 0.263. The van der Waals surface area contributed by atoms with Crippen LogP contribution >= 0.6 is 0 Å². The molecule has 1 aromatic heterocycles. The van der Waals surface area contributed by atoms with E-state index in [1.165, 1.54) is 9.54 Å². The molecule has 5 heteroatoms. The predicted octanol–water partition coefficient (Wildman–Crippen LogP) is 3.37. The van der Waals surface area contributed by atoms with E-state index in [1.807, 2.05) is 24.3 Å². The summed E-state index contributed by atoms with van der Waals surface area (Å²) in [6, 6.07) is 16.3. The van der Waals surface area contributed by atoms with Crippen LogP contribution in [0.25, 0.3) is 10.9 Å². The Kier molecular flexibility index (Phi) is 4.73. The molecule has 1 heterocycles. The minimum Gasteiger partial charge on any atom is -0.309 e. The van der Waals surface area contributed by atoms with Crippen LogP contribution in [0.5, 0.6) is 0 Å². The molecule has 24 heavy (non-hydrogen) atoms. The molecule has 0 atom stereocenters. The summed E-state index contributed by atoms with van der Waals surface area (Å²) in [6.07, 6.45) is 3.64. The van der Waals surface area contributed by atoms with Gasteiger partial charge in [-0.3, -0.25) is 0 Å². The Morgan fingerprint density at radius 1 is 0.958 bits per heavy atom. The lowest BCUT2D eigenvalue weighted by Gasteiger charge is -2.10. The summed E-state index contributed by atoms with van der Waals surface area (Å²) in [7, 11) is 0.554. The summed E-state index contributed by atoms with van der Waals surface area (Å²) >= 11 is 0. The number of fused-ring (bicyclic) bond motifs is 1. The Balaban J connectivity index is 2.00. The lowest BCUT2D eigenvalue weighted by molar-refractivity contribution is 0.400. The first-order valence-corrected chi connectivity index (χ1v) is 9.48. The van der Waals surface area contributed by atoms with Gasteiger partial charge in [-0.2, -0.15) is 0 Å². The minimum absolute atomic E-state index is 0.306. The van der Waals surface area contributed by atoms with Gasteiger partial charge in [0.25, 0.3) is 10.0 Å². The Morgan fingerprint density at radius 2 is 1.71 bits per heavy atom. The fourth-order valence-corrected chi connectivity index (χ4v) is 4.29. The van der Waals surface area contributed by atoms with E-state index >= 15 is 0 Å². The monoisotopic (exact) mass is 342 g/mol. The van der Waals surface area contributed by atoms with Crippen LogP contribution < -0.4 is 0 Å². The topological polar surface area (TPSA) is 42.3 Å². The van der Waals surface area contributed by atoms with Crippen molar-refractivity contribution in [2.24, 2.45) is 0 Å². The minimum atomic E-state index is -3.56. The second-order valence-electron chi connectivity index (χ2n) is 6.19. The summed E-state index contributed by atoms with van der Waals surface area (Å²) in [6.45, 7) is 1.01. The normalized spacial score (nSPS) is 12.1. The number of aromatic nitrogens is 1. The molecule has 0 radical (unpaired) electrons. The second kappa shape index (κ2) is 6.79. The van der Waals surface area contributed by atoms with Crippen molar-refractivity contribution in [3.8, 4) is 0 Å². The molecular formula is C19H22N2O2S. The first-order valence-electron chi connectivity index (χ1n) is 8.04. The van der Waals surface area contributed by atoms with Gasteiger partial charge in [0.05, 0.1) is 10.4 Å². The molecule has 0 saturated heterocycles. The van der Waals surface area contributed by atoms with Crippen molar-refractivity contribution >= 4 is 20.9 Å². The molecule has 4 nitrogen and oxygen atoms in total. The van der Waals surface area contributed by atoms with E-state index in [4.69, 9.17) is 0 Å². The lowest BCUT2D eigenvalue weighted by atomic mass is 10.1. The SMILES string of the molecule is CN(C)CCCc1cccc2c1ccn2S(=O)(=O)c1ccccc1. The highest BCUT2D eigenvalue weighted by molar-refractivity contribution is 7.90. The zero-order valence-corrected chi connectivity index (χ0v) is 14.8. The quantitative estimate of drug-likeness (QED) is 0.690. The fourth-order valence-electron chi connectivity index (χ4n) is 2.93. The van der Waals surface area contributed by atoms with E-state index in [0.29, 0.717) is 4.90 Å². The molecule has 0 aliphatic carbocycles. The van der Waals surface area contributed by atoms with Crippen LogP contribution in [0.1, 0.15) is 12.0 Å². The maximum Gasteiger partial charge on any atom is 0.268 e. The van der Waals surface area contributed by atoms with E-state index in [0.717, 1.165) is 30.3 Å². The molecule has 0 aliphatic rings. The third-order valence-corrected chi connectivity index (χ3v) is 5.84. The first-order chi connectivity index (χ1) is 11.5. The van der Waals surface area contributed by atoms with Crippen LogP contribution in [0.3, 0.4) is 0 Å². The second-order valence-corrected chi connectivity index (χ2v) is 8.00. The van der Waals surface area contributed by atoms with Gasteiger partial charge in [-0.05, 0) is 63.3 Å². The van der Waals surface area contributed by atoms with Gasteiger partial charge in [0.1, 0.15) is 0 Å². The van der Waals surface area contributed by atoms with Crippen molar-refractivity contribution in [1.29, 1.82) is 0 Å². The molecule has 3 aromatic rings. The van der Waals surface area contributed by atoms with Gasteiger partial charge >= 0.3 is 0 Å². The summed E-state index contributed by atoms with van der Waals surface area (Å²) < 4.78 is 27.1. The van der Waals surface area contributed by atoms with Crippen molar-refractivity contribution in [3.05, 3.63) is 66.4 Å². The largest absolute Gasteiger partial charge is 0.309 e. The third kappa shape index (κ3) is 3.23. The zero-order valence-electron chi connectivity index (χ0n) is 14.0. The molecule has 0 saturated carbocycles. The van der Waals surface area contributed by atoms with Gasteiger partial charge in [-0.15, -0.1) is 0 Å². The Labute approximate surface area is 143 Å². The highest BCUT2D eigenvalue weighted by Gasteiger charge is 2.19. The van der Waals surface area contributed by atoms with Crippen LogP contribution in [0.15, 0.2) is 65.7 Å². The lowest BCUT2D eigenvalue weighted by Crippen LogP contribution is -2.13. The Morgan fingerprint density at radius 3 is 2.42 bits per heavy atom. The number of rotatable bonds is 6. The molecule has 3 rings (SSSR count). The molecule has 2 aromatic carbocycles. The number of aryl methyl sites for hydroxylation is 1. The van der Waals surface area contributed by atoms with Crippen LogP contribution in [0, 0.1) is 0 Å². The van der Waals surface area contributed by atoms with Gasteiger partial charge in [-0.1, -0.05) is 30.3 Å². The smallest absolute Gasteiger partial charge is 0.268 e. The van der Waals surface area contributed by atoms with Crippen molar-refractivity contribution in [2.45, 2.75) is 17.7 Å². The molecule has 0 bridgehead atoms. The van der Waals surface area contributed by atoms with Gasteiger partial charge in [0, 0.05) is 11.6 Å². The number of hydrogen-bond acceptors (Lipinski definition) is 3. The van der Waals surface area contributed by atoms with Gasteiger partial charge in [0.2, 0.25) is 0 Å².